The largest absolute Gasteiger partial charge is 0.481 e. The molecule has 1 aromatic rings. The van der Waals surface area contributed by atoms with Gasteiger partial charge in [-0.15, -0.1) is 0 Å². The van der Waals surface area contributed by atoms with E-state index in [0.717, 1.165) is 11.3 Å². The van der Waals surface area contributed by atoms with Crippen LogP contribution in [0.4, 0.5) is 0 Å². The molecular weight excluding hydrogens is 182 g/mol. The van der Waals surface area contributed by atoms with E-state index in [2.05, 4.69) is 5.10 Å². The number of methoxy groups -OCH3 is 1. The third kappa shape index (κ3) is 1.88. The molecule has 14 heavy (non-hydrogen) atoms. The maximum atomic E-state index is 8.81. The number of hydrogen-bond donors (Lipinski definition) is 2. The lowest BCUT2D eigenvalue weighted by Gasteiger charge is -2.11. The van der Waals surface area contributed by atoms with E-state index in [1.807, 2.05) is 6.92 Å². The fourth-order valence-corrected chi connectivity index (χ4v) is 1.61. The normalized spacial score (nSPS) is 12.9. The fraction of sp³-hybridized carbons (Fsp3) is 0.667. The molecule has 0 amide bonds. The maximum Gasteiger partial charge on any atom is 0.216 e. The third-order valence-corrected chi connectivity index (χ3v) is 2.22. The molecule has 0 saturated heterocycles. The molecule has 0 saturated carbocycles. The Morgan fingerprint density at radius 1 is 1.64 bits per heavy atom. The van der Waals surface area contributed by atoms with Crippen LogP contribution < -0.4 is 10.5 Å². The second kappa shape index (κ2) is 4.43. The molecule has 0 bridgehead atoms. The quantitative estimate of drug-likeness (QED) is 0.722. The van der Waals surface area contributed by atoms with Crippen LogP contribution in [0.2, 0.25) is 0 Å². The summed E-state index contributed by atoms with van der Waals surface area (Å²) in [6.45, 7) is 1.95. The zero-order valence-electron chi connectivity index (χ0n) is 8.82. The highest BCUT2D eigenvalue weighted by atomic mass is 16.5. The summed E-state index contributed by atoms with van der Waals surface area (Å²) < 4.78 is 6.86. The number of aromatic nitrogens is 2. The zero-order valence-corrected chi connectivity index (χ0v) is 8.82. The molecule has 80 valence electrons. The van der Waals surface area contributed by atoms with E-state index in [0.29, 0.717) is 12.3 Å². The van der Waals surface area contributed by atoms with Crippen molar-refractivity contribution in [2.45, 2.75) is 19.4 Å². The van der Waals surface area contributed by atoms with Crippen LogP contribution in [0.15, 0.2) is 0 Å². The van der Waals surface area contributed by atoms with Crippen LogP contribution in [-0.4, -0.2) is 28.6 Å². The van der Waals surface area contributed by atoms with Crippen molar-refractivity contribution in [3.63, 3.8) is 0 Å². The molecule has 0 spiro atoms. The first-order valence-corrected chi connectivity index (χ1v) is 4.55. The summed E-state index contributed by atoms with van der Waals surface area (Å²) >= 11 is 0. The molecule has 1 rings (SSSR count). The van der Waals surface area contributed by atoms with Gasteiger partial charge < -0.3 is 15.6 Å². The first kappa shape index (κ1) is 11.0. The van der Waals surface area contributed by atoms with E-state index < -0.39 is 0 Å². The van der Waals surface area contributed by atoms with Crippen LogP contribution in [0.25, 0.3) is 0 Å². The van der Waals surface area contributed by atoms with Crippen LogP contribution in [0.5, 0.6) is 5.88 Å². The summed E-state index contributed by atoms with van der Waals surface area (Å²) in [5, 5.41) is 13.0. The van der Waals surface area contributed by atoms with Gasteiger partial charge in [-0.3, -0.25) is 0 Å². The van der Waals surface area contributed by atoms with Gasteiger partial charge in [0, 0.05) is 19.7 Å². The van der Waals surface area contributed by atoms with Crippen molar-refractivity contribution in [3.05, 3.63) is 11.3 Å². The van der Waals surface area contributed by atoms with Gasteiger partial charge in [-0.25, -0.2) is 4.68 Å². The maximum absolute atomic E-state index is 8.81. The molecule has 0 aliphatic rings. The Hall–Kier alpha value is -1.07. The van der Waals surface area contributed by atoms with Crippen LogP contribution in [0, 0.1) is 6.92 Å². The van der Waals surface area contributed by atoms with Gasteiger partial charge in [0.25, 0.3) is 0 Å². The van der Waals surface area contributed by atoms with Crippen molar-refractivity contribution < 1.29 is 9.84 Å². The molecule has 1 unspecified atom stereocenters. The number of aliphatic hydroxyl groups excluding tert-OH is 1. The molecule has 1 atom stereocenters. The minimum absolute atomic E-state index is 0.0681. The van der Waals surface area contributed by atoms with Gasteiger partial charge in [0.05, 0.1) is 18.4 Å². The van der Waals surface area contributed by atoms with E-state index >= 15 is 0 Å². The van der Waals surface area contributed by atoms with Crippen molar-refractivity contribution in [2.24, 2.45) is 12.8 Å². The smallest absolute Gasteiger partial charge is 0.216 e. The highest BCUT2D eigenvalue weighted by Gasteiger charge is 2.19. The predicted molar refractivity (Wildman–Crippen MR) is 53.1 cm³/mol. The lowest BCUT2D eigenvalue weighted by atomic mass is 10.1. The monoisotopic (exact) mass is 199 g/mol. The zero-order chi connectivity index (χ0) is 10.7. The lowest BCUT2D eigenvalue weighted by molar-refractivity contribution is 0.274. The van der Waals surface area contributed by atoms with Crippen molar-refractivity contribution >= 4 is 0 Å². The number of aryl methyl sites for hydroxylation is 2. The topological polar surface area (TPSA) is 73.3 Å². The van der Waals surface area contributed by atoms with Gasteiger partial charge in [0.1, 0.15) is 0 Å². The Bertz CT molecular complexity index is 309. The number of nitrogens with zero attached hydrogens (tertiary/aromatic N) is 2. The van der Waals surface area contributed by atoms with Crippen LogP contribution in [0.3, 0.4) is 0 Å². The average Bonchev–Trinajstić information content (AvgIpc) is 2.40. The molecule has 0 fully saturated rings. The lowest BCUT2D eigenvalue weighted by Crippen LogP contribution is -2.13. The SMILES string of the molecule is COc1c(C(N)CCO)c(C)nn1C. The van der Waals surface area contributed by atoms with E-state index in [1.165, 1.54) is 0 Å². The summed E-state index contributed by atoms with van der Waals surface area (Å²) in [7, 11) is 3.40. The van der Waals surface area contributed by atoms with Gasteiger partial charge in [0.2, 0.25) is 5.88 Å². The fourth-order valence-electron chi connectivity index (χ4n) is 1.61. The predicted octanol–water partition coefficient (Wildman–Crippen LogP) is 0.119. The first-order chi connectivity index (χ1) is 6.61. The number of ether oxygens (including phenoxy) is 1. The molecule has 5 nitrogen and oxygen atoms in total. The number of rotatable bonds is 4. The molecule has 1 heterocycles. The van der Waals surface area contributed by atoms with Gasteiger partial charge in [-0.05, 0) is 13.3 Å². The highest BCUT2D eigenvalue weighted by molar-refractivity contribution is 5.33. The average molecular weight is 199 g/mol. The van der Waals surface area contributed by atoms with Crippen molar-refractivity contribution in [1.29, 1.82) is 0 Å². The van der Waals surface area contributed by atoms with E-state index in [4.69, 9.17) is 15.6 Å². The Morgan fingerprint density at radius 3 is 2.79 bits per heavy atom. The summed E-state index contributed by atoms with van der Waals surface area (Å²) in [6.07, 6.45) is 0.517. The van der Waals surface area contributed by atoms with E-state index in [1.54, 1.807) is 18.8 Å². The van der Waals surface area contributed by atoms with Crippen LogP contribution in [-0.2, 0) is 7.05 Å². The van der Waals surface area contributed by atoms with Gasteiger partial charge in [0.15, 0.2) is 0 Å². The number of nitrogens with two attached hydrogens (primary N) is 1. The summed E-state index contributed by atoms with van der Waals surface area (Å²) in [5.41, 5.74) is 7.63. The van der Waals surface area contributed by atoms with Gasteiger partial charge >= 0.3 is 0 Å². The van der Waals surface area contributed by atoms with Crippen molar-refractivity contribution in [1.82, 2.24) is 9.78 Å². The van der Waals surface area contributed by atoms with E-state index in [9.17, 15) is 0 Å². The third-order valence-electron chi connectivity index (χ3n) is 2.22. The van der Waals surface area contributed by atoms with Crippen LogP contribution >= 0.6 is 0 Å². The Labute approximate surface area is 83.5 Å². The summed E-state index contributed by atoms with van der Waals surface area (Å²) in [5.74, 6) is 0.670. The second-order valence-corrected chi connectivity index (χ2v) is 3.25. The van der Waals surface area contributed by atoms with Crippen LogP contribution in [0.1, 0.15) is 23.7 Å². The molecule has 3 N–H and O–H groups in total. The molecule has 5 heteroatoms. The first-order valence-electron chi connectivity index (χ1n) is 4.55. The molecule has 0 aliphatic carbocycles. The minimum Gasteiger partial charge on any atom is -0.481 e. The molecule has 1 aromatic heterocycles. The van der Waals surface area contributed by atoms with Crippen molar-refractivity contribution in [2.75, 3.05) is 13.7 Å². The highest BCUT2D eigenvalue weighted by Crippen LogP contribution is 2.27. The number of aliphatic hydroxyl groups is 1. The van der Waals surface area contributed by atoms with Gasteiger partial charge in [-0.2, -0.15) is 5.10 Å². The Kier molecular flexibility index (Phi) is 3.49. The molecular formula is C9H17N3O2. The van der Waals surface area contributed by atoms with Crippen molar-refractivity contribution in [3.8, 4) is 5.88 Å². The standard InChI is InChI=1S/C9H17N3O2/c1-6-8(7(10)4-5-13)9(14-3)12(2)11-6/h7,13H,4-5,10H2,1-3H3. The molecule has 0 aliphatic heterocycles. The van der Waals surface area contributed by atoms with Gasteiger partial charge in [-0.1, -0.05) is 0 Å². The summed E-state index contributed by atoms with van der Waals surface area (Å²) in [4.78, 5) is 0. The summed E-state index contributed by atoms with van der Waals surface area (Å²) in [6, 6.07) is -0.219. The van der Waals surface area contributed by atoms with E-state index in [-0.39, 0.29) is 12.6 Å². The molecule has 0 aromatic carbocycles. The Morgan fingerprint density at radius 2 is 2.29 bits per heavy atom. The molecule has 0 radical (unpaired) electrons. The minimum atomic E-state index is -0.219. The number of hydrogen-bond acceptors (Lipinski definition) is 4. The second-order valence-electron chi connectivity index (χ2n) is 3.25. The Balaban J connectivity index is 3.04.